The summed E-state index contributed by atoms with van der Waals surface area (Å²) in [6.45, 7) is 4.92. The van der Waals surface area contributed by atoms with E-state index in [0.29, 0.717) is 5.92 Å². The zero-order chi connectivity index (χ0) is 19.3. The number of ether oxygens (including phenoxy) is 1. The van der Waals surface area contributed by atoms with Gasteiger partial charge in [0.1, 0.15) is 5.75 Å². The largest absolute Gasteiger partial charge is 0.494 e. The minimum atomic E-state index is -0.605. The number of benzene rings is 1. The minimum absolute atomic E-state index is 0.478. The maximum absolute atomic E-state index is 11.4. The molecule has 0 aliphatic heterocycles. The molecule has 1 N–H and O–H groups in total. The fourth-order valence-corrected chi connectivity index (χ4v) is 5.06. The summed E-state index contributed by atoms with van der Waals surface area (Å²) < 4.78 is 5.78. The SMILES string of the molecule is CCCCOc1ccc(C2CCC(C3CCC(C)(C(=O)O)CC3)CC2)cc1. The predicted octanol–water partition coefficient (Wildman–Crippen LogP) is 6.42. The van der Waals surface area contributed by atoms with Crippen molar-refractivity contribution in [3.05, 3.63) is 29.8 Å². The second kappa shape index (κ2) is 9.12. The Kier molecular flexibility index (Phi) is 6.83. The molecule has 2 fully saturated rings. The monoisotopic (exact) mass is 372 g/mol. The second-order valence-electron chi connectivity index (χ2n) is 9.09. The Morgan fingerprint density at radius 1 is 1.04 bits per heavy atom. The highest BCUT2D eigenvalue weighted by Gasteiger charge is 2.40. The Morgan fingerprint density at radius 3 is 2.19 bits per heavy atom. The molecule has 2 saturated carbocycles. The van der Waals surface area contributed by atoms with E-state index >= 15 is 0 Å². The number of carboxylic acids is 1. The Hall–Kier alpha value is -1.51. The first-order valence-corrected chi connectivity index (χ1v) is 11.0. The normalized spacial score (nSPS) is 31.4. The van der Waals surface area contributed by atoms with Gasteiger partial charge in [-0.1, -0.05) is 25.5 Å². The highest BCUT2D eigenvalue weighted by Crippen LogP contribution is 2.47. The summed E-state index contributed by atoms with van der Waals surface area (Å²) in [6.07, 6.45) is 11.3. The molecular weight excluding hydrogens is 336 g/mol. The van der Waals surface area contributed by atoms with Crippen molar-refractivity contribution in [2.24, 2.45) is 17.3 Å². The molecule has 150 valence electrons. The molecular formula is C24H36O3. The summed E-state index contributed by atoms with van der Waals surface area (Å²) in [7, 11) is 0. The van der Waals surface area contributed by atoms with Crippen LogP contribution in [0.15, 0.2) is 24.3 Å². The lowest BCUT2D eigenvalue weighted by Gasteiger charge is -2.40. The fourth-order valence-electron chi connectivity index (χ4n) is 5.06. The molecule has 27 heavy (non-hydrogen) atoms. The number of rotatable bonds is 7. The van der Waals surface area contributed by atoms with Crippen molar-refractivity contribution in [2.45, 2.75) is 84.0 Å². The van der Waals surface area contributed by atoms with Gasteiger partial charge in [0.05, 0.1) is 12.0 Å². The number of unbranched alkanes of at least 4 members (excludes halogenated alkanes) is 1. The molecule has 0 spiro atoms. The fraction of sp³-hybridized carbons (Fsp3) is 0.708. The van der Waals surface area contributed by atoms with Crippen molar-refractivity contribution in [2.75, 3.05) is 6.61 Å². The Morgan fingerprint density at radius 2 is 1.63 bits per heavy atom. The number of carbonyl (C=O) groups is 1. The van der Waals surface area contributed by atoms with E-state index in [1.165, 1.54) is 31.2 Å². The van der Waals surface area contributed by atoms with Crippen LogP contribution in [0.1, 0.15) is 89.5 Å². The molecule has 0 atom stereocenters. The molecule has 0 amide bonds. The maximum atomic E-state index is 11.4. The zero-order valence-electron chi connectivity index (χ0n) is 17.1. The molecule has 2 aliphatic carbocycles. The van der Waals surface area contributed by atoms with Gasteiger partial charge < -0.3 is 9.84 Å². The number of hydrogen-bond acceptors (Lipinski definition) is 2. The number of hydrogen-bond donors (Lipinski definition) is 1. The van der Waals surface area contributed by atoms with Gasteiger partial charge in [-0.3, -0.25) is 4.79 Å². The molecule has 0 bridgehead atoms. The Bertz CT molecular complexity index is 591. The standard InChI is InChI=1S/C24H36O3/c1-3-4-17-27-22-11-9-20(10-12-22)18-5-7-19(8-6-18)21-13-15-24(2,16-14-21)23(25)26/h9-12,18-19,21H,3-8,13-17H2,1-2H3,(H,25,26). The van der Waals surface area contributed by atoms with Crippen LogP contribution in [0, 0.1) is 17.3 Å². The van der Waals surface area contributed by atoms with Gasteiger partial charge in [0.2, 0.25) is 0 Å². The first kappa shape index (κ1) is 20.2. The third-order valence-corrected chi connectivity index (χ3v) is 7.21. The van der Waals surface area contributed by atoms with Gasteiger partial charge in [-0.05, 0) is 100 Å². The number of aliphatic carboxylic acids is 1. The molecule has 0 heterocycles. The van der Waals surface area contributed by atoms with Gasteiger partial charge in [-0.25, -0.2) is 0 Å². The van der Waals surface area contributed by atoms with Crippen LogP contribution in [0.4, 0.5) is 0 Å². The summed E-state index contributed by atoms with van der Waals surface area (Å²) in [6, 6.07) is 8.77. The van der Waals surface area contributed by atoms with Crippen molar-refractivity contribution in [3.8, 4) is 5.75 Å². The average Bonchev–Trinajstić information content (AvgIpc) is 2.69. The third-order valence-electron chi connectivity index (χ3n) is 7.21. The molecule has 2 aliphatic rings. The lowest BCUT2D eigenvalue weighted by atomic mass is 9.64. The second-order valence-corrected chi connectivity index (χ2v) is 9.09. The topological polar surface area (TPSA) is 46.5 Å². The summed E-state index contributed by atoms with van der Waals surface area (Å²) in [4.78, 5) is 11.4. The Balaban J connectivity index is 1.46. The van der Waals surface area contributed by atoms with Crippen molar-refractivity contribution in [1.29, 1.82) is 0 Å². The highest BCUT2D eigenvalue weighted by molar-refractivity contribution is 5.74. The van der Waals surface area contributed by atoms with Crippen LogP contribution in [-0.2, 0) is 4.79 Å². The van der Waals surface area contributed by atoms with Gasteiger partial charge >= 0.3 is 5.97 Å². The first-order chi connectivity index (χ1) is 13.0. The maximum Gasteiger partial charge on any atom is 0.309 e. The molecule has 0 unspecified atom stereocenters. The van der Waals surface area contributed by atoms with Crippen molar-refractivity contribution in [1.82, 2.24) is 0 Å². The van der Waals surface area contributed by atoms with E-state index in [2.05, 4.69) is 31.2 Å². The molecule has 1 aromatic rings. The smallest absolute Gasteiger partial charge is 0.309 e. The van der Waals surface area contributed by atoms with Crippen molar-refractivity contribution < 1.29 is 14.6 Å². The van der Waals surface area contributed by atoms with E-state index in [-0.39, 0.29) is 0 Å². The summed E-state index contributed by atoms with van der Waals surface area (Å²) in [5, 5.41) is 9.43. The molecule has 3 heteroatoms. The number of carboxylic acid groups (broad SMARTS) is 1. The molecule has 0 radical (unpaired) electrons. The molecule has 1 aromatic carbocycles. The van der Waals surface area contributed by atoms with Gasteiger partial charge in [-0.2, -0.15) is 0 Å². The molecule has 3 rings (SSSR count). The van der Waals surface area contributed by atoms with Gasteiger partial charge in [-0.15, -0.1) is 0 Å². The van der Waals surface area contributed by atoms with Crippen molar-refractivity contribution in [3.63, 3.8) is 0 Å². The quantitative estimate of drug-likeness (QED) is 0.562. The zero-order valence-corrected chi connectivity index (χ0v) is 17.1. The van der Waals surface area contributed by atoms with E-state index < -0.39 is 11.4 Å². The van der Waals surface area contributed by atoms with E-state index in [1.54, 1.807) is 0 Å². The first-order valence-electron chi connectivity index (χ1n) is 11.0. The van der Waals surface area contributed by atoms with Gasteiger partial charge in [0, 0.05) is 0 Å². The van der Waals surface area contributed by atoms with Crippen LogP contribution in [0.5, 0.6) is 5.75 Å². The van der Waals surface area contributed by atoms with Crippen LogP contribution < -0.4 is 4.74 Å². The van der Waals surface area contributed by atoms with Gasteiger partial charge in [0.15, 0.2) is 0 Å². The lowest BCUT2D eigenvalue weighted by Crippen LogP contribution is -2.35. The van der Waals surface area contributed by atoms with E-state index in [4.69, 9.17) is 4.74 Å². The van der Waals surface area contributed by atoms with Gasteiger partial charge in [0.25, 0.3) is 0 Å². The highest BCUT2D eigenvalue weighted by atomic mass is 16.5. The summed E-state index contributed by atoms with van der Waals surface area (Å²) in [5.74, 6) is 2.61. The van der Waals surface area contributed by atoms with Crippen molar-refractivity contribution >= 4 is 5.97 Å². The minimum Gasteiger partial charge on any atom is -0.494 e. The molecule has 0 saturated heterocycles. The Labute approximate surface area is 164 Å². The van der Waals surface area contributed by atoms with E-state index in [9.17, 15) is 9.90 Å². The lowest BCUT2D eigenvalue weighted by molar-refractivity contribution is -0.150. The molecule has 3 nitrogen and oxygen atoms in total. The predicted molar refractivity (Wildman–Crippen MR) is 109 cm³/mol. The van der Waals surface area contributed by atoms with Crippen LogP contribution in [0.2, 0.25) is 0 Å². The summed E-state index contributed by atoms with van der Waals surface area (Å²) in [5.41, 5.74) is 0.979. The van der Waals surface area contributed by atoms with E-state index in [0.717, 1.165) is 62.7 Å². The van der Waals surface area contributed by atoms with Crippen LogP contribution in [0.3, 0.4) is 0 Å². The van der Waals surface area contributed by atoms with Crippen LogP contribution >= 0.6 is 0 Å². The molecule has 0 aromatic heterocycles. The van der Waals surface area contributed by atoms with E-state index in [1.807, 2.05) is 6.92 Å². The van der Waals surface area contributed by atoms with Crippen LogP contribution in [0.25, 0.3) is 0 Å². The third kappa shape index (κ3) is 5.06. The average molecular weight is 373 g/mol. The van der Waals surface area contributed by atoms with Crippen LogP contribution in [-0.4, -0.2) is 17.7 Å². The summed E-state index contributed by atoms with van der Waals surface area (Å²) >= 11 is 0.